The summed E-state index contributed by atoms with van der Waals surface area (Å²) in [6.07, 6.45) is 4.30. The molecule has 1 aliphatic carbocycles. The van der Waals surface area contributed by atoms with Crippen LogP contribution >= 0.6 is 0 Å². The highest BCUT2D eigenvalue weighted by atomic mass is 16.4. The van der Waals surface area contributed by atoms with E-state index in [4.69, 9.17) is 5.11 Å². The summed E-state index contributed by atoms with van der Waals surface area (Å²) in [6, 6.07) is 6.05. The monoisotopic (exact) mass is 234 g/mol. The van der Waals surface area contributed by atoms with Gasteiger partial charge in [0.2, 0.25) is 0 Å². The zero-order valence-electron chi connectivity index (χ0n) is 9.85. The molecule has 1 aromatic rings. The van der Waals surface area contributed by atoms with E-state index in [-0.39, 0.29) is 12.8 Å². The molecular formula is C14H18O3. The Balaban J connectivity index is 2.08. The Bertz CT molecular complexity index is 412. The van der Waals surface area contributed by atoms with E-state index in [1.807, 2.05) is 12.1 Å². The molecule has 0 bridgehead atoms. The van der Waals surface area contributed by atoms with Crippen molar-refractivity contribution < 1.29 is 15.0 Å². The van der Waals surface area contributed by atoms with Crippen LogP contribution in [0.15, 0.2) is 18.2 Å². The Kier molecular flexibility index (Phi) is 3.79. The lowest BCUT2D eigenvalue weighted by Crippen LogP contribution is -2.06. The highest BCUT2D eigenvalue weighted by Gasteiger charge is 2.14. The number of rotatable bonds is 4. The molecule has 0 fully saturated rings. The second-order valence-corrected chi connectivity index (χ2v) is 4.68. The van der Waals surface area contributed by atoms with Crippen LogP contribution in [0.4, 0.5) is 0 Å². The maximum absolute atomic E-state index is 10.5. The van der Waals surface area contributed by atoms with Gasteiger partial charge in [0.1, 0.15) is 0 Å². The molecule has 0 amide bonds. The van der Waals surface area contributed by atoms with Gasteiger partial charge in [-0.05, 0) is 48.8 Å². The van der Waals surface area contributed by atoms with Gasteiger partial charge in [-0.15, -0.1) is 0 Å². The van der Waals surface area contributed by atoms with Crippen LogP contribution in [0.2, 0.25) is 0 Å². The zero-order valence-corrected chi connectivity index (χ0v) is 9.85. The predicted octanol–water partition coefficient (Wildman–Crippen LogP) is 2.46. The third-order valence-electron chi connectivity index (χ3n) is 3.39. The minimum absolute atomic E-state index is 0.0122. The van der Waals surface area contributed by atoms with Crippen molar-refractivity contribution in [3.05, 3.63) is 34.9 Å². The summed E-state index contributed by atoms with van der Waals surface area (Å²) in [5, 5.41) is 18.5. The van der Waals surface area contributed by atoms with Gasteiger partial charge >= 0.3 is 5.97 Å². The summed E-state index contributed by atoms with van der Waals surface area (Å²) >= 11 is 0. The summed E-state index contributed by atoms with van der Waals surface area (Å²) in [7, 11) is 0. The molecule has 1 aliphatic rings. The molecule has 3 heteroatoms. The van der Waals surface area contributed by atoms with Crippen molar-refractivity contribution in [2.24, 2.45) is 0 Å². The van der Waals surface area contributed by atoms with Gasteiger partial charge in [-0.1, -0.05) is 18.2 Å². The second-order valence-electron chi connectivity index (χ2n) is 4.68. The van der Waals surface area contributed by atoms with Gasteiger partial charge in [0.15, 0.2) is 0 Å². The summed E-state index contributed by atoms with van der Waals surface area (Å²) in [4.78, 5) is 10.5. The van der Waals surface area contributed by atoms with Gasteiger partial charge in [-0.3, -0.25) is 4.79 Å². The van der Waals surface area contributed by atoms with Crippen molar-refractivity contribution in [1.82, 2.24) is 0 Å². The molecule has 0 aliphatic heterocycles. The first kappa shape index (κ1) is 12.1. The van der Waals surface area contributed by atoms with Crippen LogP contribution in [0.5, 0.6) is 0 Å². The second kappa shape index (κ2) is 5.32. The highest BCUT2D eigenvalue weighted by Crippen LogP contribution is 2.26. The number of hydrogen-bond acceptors (Lipinski definition) is 2. The van der Waals surface area contributed by atoms with Crippen molar-refractivity contribution in [2.45, 2.75) is 44.6 Å². The molecule has 0 unspecified atom stereocenters. The van der Waals surface area contributed by atoms with E-state index in [9.17, 15) is 9.90 Å². The van der Waals surface area contributed by atoms with Crippen molar-refractivity contribution in [1.29, 1.82) is 0 Å². The molecule has 0 spiro atoms. The van der Waals surface area contributed by atoms with Crippen LogP contribution in [0.1, 0.15) is 48.5 Å². The Labute approximate surface area is 101 Å². The van der Waals surface area contributed by atoms with Crippen LogP contribution in [0.3, 0.4) is 0 Å². The molecule has 2 rings (SSSR count). The maximum atomic E-state index is 10.5. The molecule has 0 saturated carbocycles. The number of aliphatic carboxylic acids is 1. The minimum Gasteiger partial charge on any atom is -0.481 e. The predicted molar refractivity (Wildman–Crippen MR) is 64.9 cm³/mol. The Morgan fingerprint density at radius 1 is 1.24 bits per heavy atom. The average Bonchev–Trinajstić information content (AvgIpc) is 2.35. The maximum Gasteiger partial charge on any atom is 0.303 e. The standard InChI is InChI=1S/C14H18O3/c15-13(7-8-14(16)17)12-6-5-10-3-1-2-4-11(10)9-12/h5-6,9,13,15H,1-4,7-8H2,(H,16,17)/t13-/m0/s1. The largest absolute Gasteiger partial charge is 0.481 e. The lowest BCUT2D eigenvalue weighted by Gasteiger charge is -2.18. The van der Waals surface area contributed by atoms with Crippen LogP contribution < -0.4 is 0 Å². The van der Waals surface area contributed by atoms with Gasteiger partial charge in [-0.25, -0.2) is 0 Å². The number of hydrogen-bond donors (Lipinski definition) is 2. The van der Waals surface area contributed by atoms with Crippen LogP contribution in [0, 0.1) is 0 Å². The van der Waals surface area contributed by atoms with Crippen LogP contribution in [-0.4, -0.2) is 16.2 Å². The molecule has 3 nitrogen and oxygen atoms in total. The normalized spacial score (nSPS) is 16.3. The fraction of sp³-hybridized carbons (Fsp3) is 0.500. The van der Waals surface area contributed by atoms with E-state index in [0.717, 1.165) is 18.4 Å². The highest BCUT2D eigenvalue weighted by molar-refractivity contribution is 5.66. The molecule has 1 aromatic carbocycles. The average molecular weight is 234 g/mol. The SMILES string of the molecule is O=C(O)CC[C@H](O)c1ccc2c(c1)CCCC2. The number of carboxylic acids is 1. The van der Waals surface area contributed by atoms with E-state index in [1.54, 1.807) is 0 Å². The third kappa shape index (κ3) is 3.07. The number of carboxylic acid groups (broad SMARTS) is 1. The molecule has 2 N–H and O–H groups in total. The number of benzene rings is 1. The molecule has 92 valence electrons. The fourth-order valence-corrected chi connectivity index (χ4v) is 2.39. The van der Waals surface area contributed by atoms with E-state index in [2.05, 4.69) is 6.07 Å². The summed E-state index contributed by atoms with van der Waals surface area (Å²) < 4.78 is 0. The van der Waals surface area contributed by atoms with Crippen LogP contribution in [0.25, 0.3) is 0 Å². The molecule has 0 heterocycles. The molecule has 0 saturated heterocycles. The lowest BCUT2D eigenvalue weighted by atomic mass is 9.89. The fourth-order valence-electron chi connectivity index (χ4n) is 2.39. The van der Waals surface area contributed by atoms with E-state index in [0.29, 0.717) is 0 Å². The Hall–Kier alpha value is -1.35. The van der Waals surface area contributed by atoms with Crippen molar-refractivity contribution >= 4 is 5.97 Å². The first-order valence-electron chi connectivity index (χ1n) is 6.18. The number of carbonyl (C=O) groups is 1. The number of aliphatic hydroxyl groups is 1. The number of aryl methyl sites for hydroxylation is 2. The first-order chi connectivity index (χ1) is 8.16. The quantitative estimate of drug-likeness (QED) is 0.841. The summed E-state index contributed by atoms with van der Waals surface area (Å²) in [5.74, 6) is -0.859. The molecule has 0 radical (unpaired) electrons. The van der Waals surface area contributed by atoms with Gasteiger partial charge in [0.05, 0.1) is 6.10 Å². The molecular weight excluding hydrogens is 216 g/mol. The van der Waals surface area contributed by atoms with E-state index < -0.39 is 12.1 Å². The first-order valence-corrected chi connectivity index (χ1v) is 6.18. The molecule has 0 aromatic heterocycles. The smallest absolute Gasteiger partial charge is 0.303 e. The zero-order chi connectivity index (χ0) is 12.3. The third-order valence-corrected chi connectivity index (χ3v) is 3.39. The number of fused-ring (bicyclic) bond motifs is 1. The van der Waals surface area contributed by atoms with E-state index >= 15 is 0 Å². The van der Waals surface area contributed by atoms with Crippen molar-refractivity contribution in [3.63, 3.8) is 0 Å². The van der Waals surface area contributed by atoms with Crippen molar-refractivity contribution in [2.75, 3.05) is 0 Å². The van der Waals surface area contributed by atoms with Crippen LogP contribution in [-0.2, 0) is 17.6 Å². The molecule has 17 heavy (non-hydrogen) atoms. The van der Waals surface area contributed by atoms with Gasteiger partial charge in [-0.2, -0.15) is 0 Å². The minimum atomic E-state index is -0.859. The summed E-state index contributed by atoms with van der Waals surface area (Å²) in [5.41, 5.74) is 3.56. The van der Waals surface area contributed by atoms with Gasteiger partial charge < -0.3 is 10.2 Å². The van der Waals surface area contributed by atoms with Gasteiger partial charge in [0.25, 0.3) is 0 Å². The number of aliphatic hydroxyl groups excluding tert-OH is 1. The van der Waals surface area contributed by atoms with E-state index in [1.165, 1.54) is 24.0 Å². The van der Waals surface area contributed by atoms with Crippen molar-refractivity contribution in [3.8, 4) is 0 Å². The Morgan fingerprint density at radius 2 is 1.94 bits per heavy atom. The van der Waals surface area contributed by atoms with Gasteiger partial charge in [0, 0.05) is 6.42 Å². The Morgan fingerprint density at radius 3 is 2.65 bits per heavy atom. The topological polar surface area (TPSA) is 57.5 Å². The molecule has 1 atom stereocenters. The lowest BCUT2D eigenvalue weighted by molar-refractivity contribution is -0.137. The summed E-state index contributed by atoms with van der Waals surface area (Å²) in [6.45, 7) is 0.